The van der Waals surface area contributed by atoms with Crippen LogP contribution in [-0.2, 0) is 19.2 Å². The Labute approximate surface area is 158 Å². The fourth-order valence-corrected chi connectivity index (χ4v) is 3.16. The lowest BCUT2D eigenvalue weighted by atomic mass is 10.0. The fourth-order valence-electron chi connectivity index (χ4n) is 2.90. The van der Waals surface area contributed by atoms with Crippen LogP contribution in [-0.4, -0.2) is 70.7 Å². The summed E-state index contributed by atoms with van der Waals surface area (Å²) in [6, 6.07) is -2.66. The molecule has 1 aliphatic rings. The molecule has 0 aromatic carbocycles. The highest BCUT2D eigenvalue weighted by atomic mass is 32.1. The van der Waals surface area contributed by atoms with Gasteiger partial charge in [-0.2, -0.15) is 12.6 Å². The first-order valence-electron chi connectivity index (χ1n) is 8.65. The van der Waals surface area contributed by atoms with Gasteiger partial charge in [-0.25, -0.2) is 4.79 Å². The van der Waals surface area contributed by atoms with Crippen LogP contribution in [0.1, 0.15) is 33.1 Å². The molecular formula is C16H28N4O5S. The summed E-state index contributed by atoms with van der Waals surface area (Å²) in [5, 5.41) is 14.4. The van der Waals surface area contributed by atoms with Crippen molar-refractivity contribution in [2.24, 2.45) is 11.7 Å². The zero-order chi connectivity index (χ0) is 19.9. The molecule has 1 saturated heterocycles. The van der Waals surface area contributed by atoms with Crippen LogP contribution < -0.4 is 16.4 Å². The van der Waals surface area contributed by atoms with Crippen molar-refractivity contribution in [3.05, 3.63) is 0 Å². The quantitative estimate of drug-likeness (QED) is 0.320. The van der Waals surface area contributed by atoms with Gasteiger partial charge in [-0.15, -0.1) is 0 Å². The third kappa shape index (κ3) is 6.17. The van der Waals surface area contributed by atoms with Gasteiger partial charge in [0.1, 0.15) is 18.1 Å². The molecule has 0 spiro atoms. The molecule has 1 fully saturated rings. The molecule has 0 radical (unpaired) electrons. The standard InChI is InChI=1S/C16H28N4O5S/c1-9(2)6-10(15(23)20-5-3-4-12(20)16(24)25)19-14(22)11(8-26)18-13(21)7-17/h9-12,26H,3-8,17H2,1-2H3,(H,18,21)(H,19,22)(H,24,25). The molecule has 0 saturated carbocycles. The van der Waals surface area contributed by atoms with E-state index in [9.17, 15) is 24.3 Å². The van der Waals surface area contributed by atoms with Crippen LogP contribution in [0.2, 0.25) is 0 Å². The van der Waals surface area contributed by atoms with Gasteiger partial charge in [0, 0.05) is 12.3 Å². The molecule has 3 atom stereocenters. The van der Waals surface area contributed by atoms with Crippen LogP contribution in [0.3, 0.4) is 0 Å². The SMILES string of the molecule is CC(C)CC(NC(=O)C(CS)NC(=O)CN)C(=O)N1CCCC1C(=O)O. The topological polar surface area (TPSA) is 142 Å². The Morgan fingerprint density at radius 1 is 1.23 bits per heavy atom. The van der Waals surface area contributed by atoms with Gasteiger partial charge in [0.05, 0.1) is 6.54 Å². The molecular weight excluding hydrogens is 360 g/mol. The van der Waals surface area contributed by atoms with E-state index in [1.54, 1.807) is 0 Å². The lowest BCUT2D eigenvalue weighted by molar-refractivity contribution is -0.149. The fraction of sp³-hybridized carbons (Fsp3) is 0.750. The number of nitrogens with one attached hydrogen (secondary N) is 2. The van der Waals surface area contributed by atoms with Crippen LogP contribution in [0.25, 0.3) is 0 Å². The minimum atomic E-state index is -1.05. The lowest BCUT2D eigenvalue weighted by Gasteiger charge is -2.29. The third-order valence-electron chi connectivity index (χ3n) is 4.16. The van der Waals surface area contributed by atoms with E-state index in [4.69, 9.17) is 5.73 Å². The van der Waals surface area contributed by atoms with Crippen molar-refractivity contribution < 1.29 is 24.3 Å². The van der Waals surface area contributed by atoms with Crippen LogP contribution in [0, 0.1) is 5.92 Å². The number of amides is 3. The molecule has 10 heteroatoms. The number of rotatable bonds is 9. The van der Waals surface area contributed by atoms with Gasteiger partial charge in [0.2, 0.25) is 17.7 Å². The Bertz CT molecular complexity index is 543. The number of hydrogen-bond acceptors (Lipinski definition) is 6. The predicted octanol–water partition coefficient (Wildman–Crippen LogP) is -1.03. The maximum atomic E-state index is 12.8. The maximum Gasteiger partial charge on any atom is 0.326 e. The second-order valence-electron chi connectivity index (χ2n) is 6.73. The summed E-state index contributed by atoms with van der Waals surface area (Å²) >= 11 is 4.05. The third-order valence-corrected chi connectivity index (χ3v) is 4.53. The number of nitrogens with zero attached hydrogens (tertiary/aromatic N) is 1. The first-order valence-corrected chi connectivity index (χ1v) is 9.28. The van der Waals surface area contributed by atoms with Gasteiger partial charge in [-0.1, -0.05) is 13.8 Å². The number of carboxylic acid groups (broad SMARTS) is 1. The Hall–Kier alpha value is -1.81. The number of carbonyl (C=O) groups is 4. The highest BCUT2D eigenvalue weighted by molar-refractivity contribution is 7.80. The van der Waals surface area contributed by atoms with Gasteiger partial charge in [-0.05, 0) is 25.2 Å². The number of carboxylic acids is 1. The summed E-state index contributed by atoms with van der Waals surface area (Å²) in [5.74, 6) is -2.37. The number of hydrogen-bond donors (Lipinski definition) is 5. The molecule has 5 N–H and O–H groups in total. The summed E-state index contributed by atoms with van der Waals surface area (Å²) in [6.07, 6.45) is 1.36. The summed E-state index contributed by atoms with van der Waals surface area (Å²) < 4.78 is 0. The summed E-state index contributed by atoms with van der Waals surface area (Å²) in [5.41, 5.74) is 5.23. The second-order valence-corrected chi connectivity index (χ2v) is 7.09. The van der Waals surface area contributed by atoms with E-state index < -0.39 is 41.8 Å². The van der Waals surface area contributed by atoms with Gasteiger partial charge in [-0.3, -0.25) is 14.4 Å². The number of carbonyl (C=O) groups excluding carboxylic acids is 3. The summed E-state index contributed by atoms with van der Waals surface area (Å²) in [7, 11) is 0. The first kappa shape index (κ1) is 22.2. The average Bonchev–Trinajstić information content (AvgIpc) is 3.07. The molecule has 1 aliphatic heterocycles. The minimum absolute atomic E-state index is 0.0433. The molecule has 1 rings (SSSR count). The van der Waals surface area contributed by atoms with Gasteiger partial charge in [0.25, 0.3) is 0 Å². The largest absolute Gasteiger partial charge is 0.480 e. The Morgan fingerprint density at radius 2 is 1.88 bits per heavy atom. The number of thiol groups is 1. The van der Waals surface area contributed by atoms with Crippen LogP contribution in [0.5, 0.6) is 0 Å². The van der Waals surface area contributed by atoms with Gasteiger partial charge < -0.3 is 26.4 Å². The van der Waals surface area contributed by atoms with Crippen molar-refractivity contribution in [1.29, 1.82) is 0 Å². The second kappa shape index (κ2) is 10.4. The highest BCUT2D eigenvalue weighted by Gasteiger charge is 2.38. The predicted molar refractivity (Wildman–Crippen MR) is 98.6 cm³/mol. The van der Waals surface area contributed by atoms with Crippen LogP contribution >= 0.6 is 12.6 Å². The molecule has 3 unspecified atom stereocenters. The van der Waals surface area contributed by atoms with E-state index in [2.05, 4.69) is 23.3 Å². The van der Waals surface area contributed by atoms with Crippen molar-refractivity contribution in [2.75, 3.05) is 18.8 Å². The Morgan fingerprint density at radius 3 is 2.38 bits per heavy atom. The molecule has 1 heterocycles. The summed E-state index contributed by atoms with van der Waals surface area (Å²) in [6.45, 7) is 3.88. The number of nitrogens with two attached hydrogens (primary N) is 1. The van der Waals surface area contributed by atoms with E-state index in [1.807, 2.05) is 13.8 Å². The minimum Gasteiger partial charge on any atom is -0.480 e. The maximum absolute atomic E-state index is 12.8. The monoisotopic (exact) mass is 388 g/mol. The molecule has 0 bridgehead atoms. The van der Waals surface area contributed by atoms with Crippen molar-refractivity contribution in [2.45, 2.75) is 51.2 Å². The van der Waals surface area contributed by atoms with E-state index in [0.717, 1.165) is 0 Å². The smallest absolute Gasteiger partial charge is 0.326 e. The normalized spacial score (nSPS) is 19.1. The van der Waals surface area contributed by atoms with Crippen LogP contribution in [0.4, 0.5) is 0 Å². The molecule has 148 valence electrons. The van der Waals surface area contributed by atoms with E-state index in [-0.39, 0.29) is 18.2 Å². The Kier molecular flexibility index (Phi) is 8.86. The van der Waals surface area contributed by atoms with E-state index in [1.165, 1.54) is 4.90 Å². The van der Waals surface area contributed by atoms with Crippen molar-refractivity contribution >= 4 is 36.3 Å². The molecule has 0 aliphatic carbocycles. The zero-order valence-electron chi connectivity index (χ0n) is 15.1. The van der Waals surface area contributed by atoms with Crippen molar-refractivity contribution in [3.63, 3.8) is 0 Å². The molecule has 9 nitrogen and oxygen atoms in total. The lowest BCUT2D eigenvalue weighted by Crippen LogP contribution is -2.57. The highest BCUT2D eigenvalue weighted by Crippen LogP contribution is 2.20. The average molecular weight is 388 g/mol. The molecule has 26 heavy (non-hydrogen) atoms. The molecule has 3 amide bonds. The number of aliphatic carboxylic acids is 1. The molecule has 0 aromatic heterocycles. The van der Waals surface area contributed by atoms with Gasteiger partial charge >= 0.3 is 5.97 Å². The van der Waals surface area contributed by atoms with Crippen molar-refractivity contribution in [1.82, 2.24) is 15.5 Å². The Balaban J connectivity index is 2.88. The van der Waals surface area contributed by atoms with Gasteiger partial charge in [0.15, 0.2) is 0 Å². The molecule has 0 aromatic rings. The zero-order valence-corrected chi connectivity index (χ0v) is 16.0. The van der Waals surface area contributed by atoms with E-state index >= 15 is 0 Å². The van der Waals surface area contributed by atoms with Crippen LogP contribution in [0.15, 0.2) is 0 Å². The number of likely N-dealkylation sites (tertiary alicyclic amines) is 1. The summed E-state index contributed by atoms with van der Waals surface area (Å²) in [4.78, 5) is 49.4. The van der Waals surface area contributed by atoms with Crippen molar-refractivity contribution in [3.8, 4) is 0 Å². The first-order chi connectivity index (χ1) is 12.2. The van der Waals surface area contributed by atoms with E-state index in [0.29, 0.717) is 25.8 Å².